The van der Waals surface area contributed by atoms with Gasteiger partial charge in [0.15, 0.2) is 0 Å². The van der Waals surface area contributed by atoms with Crippen LogP contribution in [0.1, 0.15) is 27.2 Å². The van der Waals surface area contributed by atoms with Crippen LogP contribution < -0.4 is 15.8 Å². The van der Waals surface area contributed by atoms with Crippen LogP contribution in [0.5, 0.6) is 5.75 Å². The number of amides is 1. The summed E-state index contributed by atoms with van der Waals surface area (Å²) in [5.41, 5.74) is 6.33. The van der Waals surface area contributed by atoms with Crippen LogP contribution in [0.4, 0.5) is 5.69 Å². The van der Waals surface area contributed by atoms with Gasteiger partial charge in [0.1, 0.15) is 5.75 Å². The van der Waals surface area contributed by atoms with E-state index < -0.39 is 0 Å². The number of hydrogen-bond donors (Lipinski definition) is 2. The van der Waals surface area contributed by atoms with Crippen LogP contribution in [-0.4, -0.2) is 18.6 Å². The quantitative estimate of drug-likeness (QED) is 0.781. The fraction of sp³-hybridized carbons (Fsp3) is 0.500. The molecule has 0 spiro atoms. The number of anilines is 1. The summed E-state index contributed by atoms with van der Waals surface area (Å²) in [4.78, 5) is 11.3. The van der Waals surface area contributed by atoms with Gasteiger partial charge in [-0.2, -0.15) is 0 Å². The highest BCUT2D eigenvalue weighted by molar-refractivity contribution is 5.77. The fourth-order valence-electron chi connectivity index (χ4n) is 1.98. The maximum atomic E-state index is 11.3. The van der Waals surface area contributed by atoms with E-state index in [4.69, 9.17) is 10.5 Å². The van der Waals surface area contributed by atoms with Crippen molar-refractivity contribution in [3.8, 4) is 5.75 Å². The van der Waals surface area contributed by atoms with Crippen LogP contribution in [-0.2, 0) is 4.79 Å². The molecule has 0 saturated heterocycles. The fourth-order valence-corrected chi connectivity index (χ4v) is 1.98. The first-order valence-electron chi connectivity index (χ1n) is 6.37. The number of rotatable bonds is 7. The van der Waals surface area contributed by atoms with Gasteiger partial charge in [0.05, 0.1) is 12.5 Å². The van der Waals surface area contributed by atoms with E-state index in [9.17, 15) is 4.79 Å². The van der Waals surface area contributed by atoms with Gasteiger partial charge in [0, 0.05) is 11.7 Å². The predicted octanol–water partition coefficient (Wildman–Crippen LogP) is 2.40. The summed E-state index contributed by atoms with van der Waals surface area (Å²) in [5.74, 6) is 0.428. The molecule has 1 aromatic rings. The highest BCUT2D eigenvalue weighted by Crippen LogP contribution is 2.19. The third-order valence-electron chi connectivity index (χ3n) is 2.97. The van der Waals surface area contributed by atoms with Crippen LogP contribution in [0.3, 0.4) is 0 Å². The summed E-state index contributed by atoms with van der Waals surface area (Å²) >= 11 is 0. The zero-order chi connectivity index (χ0) is 13.5. The molecule has 0 radical (unpaired) electrons. The molecule has 1 aromatic carbocycles. The topological polar surface area (TPSA) is 64.3 Å². The van der Waals surface area contributed by atoms with E-state index in [1.54, 1.807) is 0 Å². The Morgan fingerprint density at radius 2 is 1.94 bits per heavy atom. The van der Waals surface area contributed by atoms with E-state index in [1.807, 2.05) is 45.0 Å². The average Bonchev–Trinajstić information content (AvgIpc) is 2.32. The second kappa shape index (κ2) is 6.89. The third kappa shape index (κ3) is 3.95. The van der Waals surface area contributed by atoms with Crippen molar-refractivity contribution < 1.29 is 9.53 Å². The largest absolute Gasteiger partial charge is 0.494 e. The van der Waals surface area contributed by atoms with Gasteiger partial charge in [-0.25, -0.2) is 0 Å². The molecule has 2 atom stereocenters. The molecule has 0 fully saturated rings. The predicted molar refractivity (Wildman–Crippen MR) is 73.7 cm³/mol. The first kappa shape index (κ1) is 14.4. The van der Waals surface area contributed by atoms with E-state index in [2.05, 4.69) is 5.32 Å². The van der Waals surface area contributed by atoms with Crippen LogP contribution in [0.2, 0.25) is 0 Å². The van der Waals surface area contributed by atoms with E-state index in [-0.39, 0.29) is 17.9 Å². The zero-order valence-electron chi connectivity index (χ0n) is 11.3. The highest BCUT2D eigenvalue weighted by atomic mass is 16.5. The lowest BCUT2D eigenvalue weighted by Gasteiger charge is -2.22. The van der Waals surface area contributed by atoms with Crippen molar-refractivity contribution in [1.82, 2.24) is 0 Å². The van der Waals surface area contributed by atoms with Gasteiger partial charge in [-0.05, 0) is 44.5 Å². The molecular formula is C14H22N2O2. The Bertz CT molecular complexity index is 376. The van der Waals surface area contributed by atoms with Crippen molar-refractivity contribution in [1.29, 1.82) is 0 Å². The lowest BCUT2D eigenvalue weighted by molar-refractivity contribution is -0.122. The van der Waals surface area contributed by atoms with Crippen LogP contribution in [0.25, 0.3) is 0 Å². The molecule has 1 amide bonds. The number of carbonyl (C=O) groups is 1. The Morgan fingerprint density at radius 3 is 2.39 bits per heavy atom. The summed E-state index contributed by atoms with van der Waals surface area (Å²) < 4.78 is 5.37. The Balaban J connectivity index is 2.63. The number of ether oxygens (including phenoxy) is 1. The summed E-state index contributed by atoms with van der Waals surface area (Å²) in [7, 11) is 0. The number of primary amides is 1. The van der Waals surface area contributed by atoms with Gasteiger partial charge in [-0.3, -0.25) is 4.79 Å². The average molecular weight is 250 g/mol. The summed E-state index contributed by atoms with van der Waals surface area (Å²) in [6, 6.07) is 7.71. The summed E-state index contributed by atoms with van der Waals surface area (Å²) in [5, 5.41) is 3.29. The number of hydrogen-bond acceptors (Lipinski definition) is 3. The normalized spacial score (nSPS) is 13.7. The van der Waals surface area contributed by atoms with E-state index in [0.717, 1.165) is 17.9 Å². The molecule has 0 bridgehead atoms. The lowest BCUT2D eigenvalue weighted by Crippen LogP contribution is -2.35. The monoisotopic (exact) mass is 250 g/mol. The van der Waals surface area contributed by atoms with Crippen molar-refractivity contribution in [2.24, 2.45) is 11.7 Å². The van der Waals surface area contributed by atoms with E-state index >= 15 is 0 Å². The Morgan fingerprint density at radius 1 is 1.33 bits per heavy atom. The van der Waals surface area contributed by atoms with Crippen molar-refractivity contribution in [3.63, 3.8) is 0 Å². The van der Waals surface area contributed by atoms with Gasteiger partial charge in [0.2, 0.25) is 5.91 Å². The third-order valence-corrected chi connectivity index (χ3v) is 2.97. The standard InChI is InChI=1S/C14H22N2O2/c1-4-13(14(15)17)10(3)16-11-6-8-12(9-7-11)18-5-2/h6-10,13,16H,4-5H2,1-3H3,(H2,15,17). The highest BCUT2D eigenvalue weighted by Gasteiger charge is 2.20. The molecule has 4 nitrogen and oxygen atoms in total. The van der Waals surface area contributed by atoms with Gasteiger partial charge in [-0.1, -0.05) is 6.92 Å². The Labute approximate surface area is 109 Å². The summed E-state index contributed by atoms with van der Waals surface area (Å²) in [6.45, 7) is 6.54. The Kier molecular flexibility index (Phi) is 5.49. The molecule has 18 heavy (non-hydrogen) atoms. The maximum Gasteiger partial charge on any atom is 0.222 e. The van der Waals surface area contributed by atoms with Crippen LogP contribution in [0, 0.1) is 5.92 Å². The number of benzene rings is 1. The molecular weight excluding hydrogens is 228 g/mol. The molecule has 0 aliphatic heterocycles. The first-order chi connectivity index (χ1) is 8.58. The minimum Gasteiger partial charge on any atom is -0.494 e. The Hall–Kier alpha value is -1.71. The minimum absolute atomic E-state index is 0.0189. The molecule has 2 unspecified atom stereocenters. The number of nitrogens with one attached hydrogen (secondary N) is 1. The van der Waals surface area contributed by atoms with Gasteiger partial charge in [-0.15, -0.1) is 0 Å². The second-order valence-corrected chi connectivity index (χ2v) is 4.31. The van der Waals surface area contributed by atoms with Crippen LogP contribution >= 0.6 is 0 Å². The molecule has 0 aliphatic carbocycles. The molecule has 3 N–H and O–H groups in total. The number of carbonyl (C=O) groups excluding carboxylic acids is 1. The molecule has 0 heterocycles. The van der Waals surface area contributed by atoms with Crippen molar-refractivity contribution in [2.45, 2.75) is 33.2 Å². The molecule has 0 saturated carbocycles. The zero-order valence-corrected chi connectivity index (χ0v) is 11.3. The number of nitrogens with two attached hydrogens (primary N) is 1. The molecule has 1 rings (SSSR count). The molecule has 0 aliphatic rings. The van der Waals surface area contributed by atoms with Gasteiger partial charge >= 0.3 is 0 Å². The first-order valence-corrected chi connectivity index (χ1v) is 6.37. The molecule has 100 valence electrons. The maximum absolute atomic E-state index is 11.3. The van der Waals surface area contributed by atoms with Crippen molar-refractivity contribution in [3.05, 3.63) is 24.3 Å². The molecule has 0 aromatic heterocycles. The minimum atomic E-state index is -0.261. The van der Waals surface area contributed by atoms with Gasteiger partial charge in [0.25, 0.3) is 0 Å². The van der Waals surface area contributed by atoms with Crippen molar-refractivity contribution in [2.75, 3.05) is 11.9 Å². The SMILES string of the molecule is CCOc1ccc(NC(C)C(CC)C(N)=O)cc1. The van der Waals surface area contributed by atoms with E-state index in [1.165, 1.54) is 0 Å². The van der Waals surface area contributed by atoms with Crippen LogP contribution in [0.15, 0.2) is 24.3 Å². The van der Waals surface area contributed by atoms with Crippen molar-refractivity contribution >= 4 is 11.6 Å². The smallest absolute Gasteiger partial charge is 0.222 e. The lowest BCUT2D eigenvalue weighted by atomic mass is 9.97. The molecule has 4 heteroatoms. The second-order valence-electron chi connectivity index (χ2n) is 4.31. The summed E-state index contributed by atoms with van der Waals surface area (Å²) in [6.07, 6.45) is 0.737. The van der Waals surface area contributed by atoms with Gasteiger partial charge < -0.3 is 15.8 Å². The van der Waals surface area contributed by atoms with E-state index in [0.29, 0.717) is 6.61 Å².